The molecule has 0 radical (unpaired) electrons. The van der Waals surface area contributed by atoms with Gasteiger partial charge >= 0.3 is 6.18 Å². The zero-order valence-corrected chi connectivity index (χ0v) is 70.8. The summed E-state index contributed by atoms with van der Waals surface area (Å²) >= 11 is 3.43. The maximum atomic E-state index is 13.1. The molecule has 0 atom stereocenters. The van der Waals surface area contributed by atoms with Crippen LogP contribution in [0.4, 0.5) is 22.0 Å². The predicted octanol–water partition coefficient (Wildman–Crippen LogP) is 19.6. The SMILES string of the molecule is O=C(/C=C/c1ccc(Br)cc1)N1CCN(C(c2ccccc2)c2ccccc2)CC1.O=C(/C=C/c1ccc(F)cc1)N1CCCN(C(c2ccccc2)c2ccccc2)CC1.O=C(/C=C/c1ccc(F)cc1)N1CCCN(S(=O)(=O)/C=C/c2ccccc2)CC1.O=C(/C=C/c1cccc(C(F)(F)F)c1)N1CCN(C(c2ccccc2)c2ccccc2)CC1. The number of piperazine rings is 2. The maximum absolute atomic E-state index is 13.1. The summed E-state index contributed by atoms with van der Waals surface area (Å²) < 4.78 is 92.4. The molecule has 4 fully saturated rings. The van der Waals surface area contributed by atoms with Crippen molar-refractivity contribution < 1.29 is 49.5 Å². The van der Waals surface area contributed by atoms with Crippen LogP contribution in [0.25, 0.3) is 30.4 Å². The van der Waals surface area contributed by atoms with Crippen molar-refractivity contribution in [1.29, 1.82) is 0 Å². The first-order valence-electron chi connectivity index (χ1n) is 41.3. The lowest BCUT2D eigenvalue weighted by atomic mass is 9.96. The van der Waals surface area contributed by atoms with Gasteiger partial charge in [0.25, 0.3) is 0 Å². The number of rotatable bonds is 20. The van der Waals surface area contributed by atoms with Gasteiger partial charge in [0.1, 0.15) is 11.6 Å². The molecule has 0 saturated carbocycles. The van der Waals surface area contributed by atoms with Crippen molar-refractivity contribution in [3.63, 3.8) is 0 Å². The van der Waals surface area contributed by atoms with Crippen LogP contribution >= 0.6 is 15.9 Å². The van der Waals surface area contributed by atoms with Crippen LogP contribution in [0.1, 0.15) is 97.7 Å². The summed E-state index contributed by atoms with van der Waals surface area (Å²) in [6.07, 6.45) is 11.4. The molecule has 4 amide bonds. The molecule has 4 aliphatic heterocycles. The summed E-state index contributed by atoms with van der Waals surface area (Å²) in [5.74, 6) is -0.904. The number of hydrogen-bond donors (Lipinski definition) is 0. The molecule has 15 rings (SSSR count). The number of amides is 4. The Bertz CT molecular complexity index is 5300. The Morgan fingerprint density at radius 1 is 0.301 bits per heavy atom. The van der Waals surface area contributed by atoms with Gasteiger partial charge in [0.05, 0.1) is 23.7 Å². The van der Waals surface area contributed by atoms with Crippen molar-refractivity contribution in [2.45, 2.75) is 37.1 Å². The van der Waals surface area contributed by atoms with E-state index in [9.17, 15) is 49.5 Å². The first-order chi connectivity index (χ1) is 59.8. The summed E-state index contributed by atoms with van der Waals surface area (Å²) in [5, 5.41) is 1.22. The Morgan fingerprint density at radius 3 is 0.919 bits per heavy atom. The quantitative estimate of drug-likeness (QED) is 0.0541. The van der Waals surface area contributed by atoms with Crippen molar-refractivity contribution in [2.75, 3.05) is 105 Å². The number of hydrogen-bond acceptors (Lipinski definition) is 9. The predicted molar refractivity (Wildman–Crippen MR) is 485 cm³/mol. The fraction of sp³-hybridized carbons (Fsp3) is 0.216. The number of benzene rings is 11. The average Bonchev–Trinajstić information content (AvgIpc) is 1.47. The number of halogens is 6. The molecule has 0 spiro atoms. The highest BCUT2D eigenvalue weighted by atomic mass is 79.9. The summed E-state index contributed by atoms with van der Waals surface area (Å²) in [4.78, 5) is 65.1. The summed E-state index contributed by atoms with van der Waals surface area (Å²) in [5.41, 5.74) is 10.5. The highest BCUT2D eigenvalue weighted by Gasteiger charge is 2.33. The van der Waals surface area contributed by atoms with Crippen molar-refractivity contribution >= 4 is 80.0 Å². The minimum atomic E-state index is -4.40. The van der Waals surface area contributed by atoms with Crippen LogP contribution in [0.5, 0.6) is 0 Å². The molecule has 4 heterocycles. The molecule has 21 heteroatoms. The normalized spacial score (nSPS) is 15.5. The van der Waals surface area contributed by atoms with E-state index in [0.717, 1.165) is 91.1 Å². The molecule has 11 aromatic carbocycles. The molecular formula is C102H100BrF5N8O6S. The van der Waals surface area contributed by atoms with Crippen molar-refractivity contribution in [1.82, 2.24) is 38.6 Å². The first-order valence-corrected chi connectivity index (χ1v) is 43.6. The van der Waals surface area contributed by atoms with Crippen LogP contribution in [0.3, 0.4) is 0 Å². The van der Waals surface area contributed by atoms with E-state index >= 15 is 0 Å². The third-order valence-corrected chi connectivity index (χ3v) is 23.8. The highest BCUT2D eigenvalue weighted by molar-refractivity contribution is 9.10. The summed E-state index contributed by atoms with van der Waals surface area (Å²) in [6.45, 7) is 10.3. The Balaban J connectivity index is 0.000000150. The van der Waals surface area contributed by atoms with E-state index in [1.165, 1.54) is 91.7 Å². The van der Waals surface area contributed by atoms with Crippen LogP contribution in [-0.4, -0.2) is 175 Å². The first kappa shape index (κ1) is 90.2. The van der Waals surface area contributed by atoms with E-state index < -0.39 is 21.8 Å². The summed E-state index contributed by atoms with van der Waals surface area (Å²) in [7, 11) is -3.55. The van der Waals surface area contributed by atoms with Gasteiger partial charge in [0.2, 0.25) is 33.7 Å². The molecule has 0 aliphatic carbocycles. The molecule has 11 aromatic rings. The fourth-order valence-electron chi connectivity index (χ4n) is 15.3. The van der Waals surface area contributed by atoms with Gasteiger partial charge in [-0.1, -0.05) is 277 Å². The second-order valence-electron chi connectivity index (χ2n) is 30.1. The maximum Gasteiger partial charge on any atom is 0.416 e. The van der Waals surface area contributed by atoms with Gasteiger partial charge in [-0.15, -0.1) is 0 Å². The number of nitrogens with zero attached hydrogens (tertiary/aromatic N) is 8. The van der Waals surface area contributed by atoms with E-state index in [2.05, 4.69) is 164 Å². The molecule has 0 aromatic heterocycles. The van der Waals surface area contributed by atoms with Crippen LogP contribution in [-0.2, 0) is 35.4 Å². The number of sulfonamides is 1. The summed E-state index contributed by atoms with van der Waals surface area (Å²) in [6, 6.07) is 97.6. The molecule has 0 N–H and O–H groups in total. The van der Waals surface area contributed by atoms with E-state index in [0.29, 0.717) is 64.3 Å². The number of carbonyl (C=O) groups is 4. The van der Waals surface area contributed by atoms with Gasteiger partial charge in [-0.3, -0.25) is 33.9 Å². The van der Waals surface area contributed by atoms with Crippen molar-refractivity contribution in [3.8, 4) is 0 Å². The molecule has 14 nitrogen and oxygen atoms in total. The molecule has 4 saturated heterocycles. The lowest BCUT2D eigenvalue weighted by Gasteiger charge is -2.39. The standard InChI is InChI=1S/C27H25F3N2O.C27H27FN2O.C26H25BrN2O.C22H23FN2O3S/c28-27(29,30)24-13-7-8-21(20-24)14-15-25(33)31-16-18-32(19-17-31)26(22-9-3-1-4-10-22)23-11-5-2-6-12-23;28-25-15-12-22(13-16-25)14-17-26(31)29-18-7-19-30(21-20-29)27(23-8-3-1-4-9-23)24-10-5-2-6-11-24;27-24-14-11-21(12-15-24)13-16-25(30)28-17-19-29(20-18-28)26(22-7-3-1-4-8-22)23-9-5-2-6-10-23;23-21-10-7-20(8-11-21)9-12-22(26)24-14-4-15-25(17-16-24)29(27,28)18-13-19-5-2-1-3-6-19/h1-15,20,26H,16-19H2;1-6,8-17,27H,7,18-21H2;1-16,26H,17-20H2;1-3,5-13,18H,4,14-17H2/b15-14+;17-14+;16-13+;12-9+,18-13+. The van der Waals surface area contributed by atoms with Gasteiger partial charge < -0.3 is 19.6 Å². The van der Waals surface area contributed by atoms with E-state index in [4.69, 9.17) is 0 Å². The van der Waals surface area contributed by atoms with Crippen molar-refractivity contribution in [2.24, 2.45) is 0 Å². The molecule has 632 valence electrons. The Kier molecular flexibility index (Phi) is 33.5. The van der Waals surface area contributed by atoms with Crippen LogP contribution in [0, 0.1) is 11.6 Å². The van der Waals surface area contributed by atoms with E-state index in [1.807, 2.05) is 119 Å². The highest BCUT2D eigenvalue weighted by Crippen LogP contribution is 2.35. The van der Waals surface area contributed by atoms with Gasteiger partial charge in [-0.2, -0.15) is 17.5 Å². The number of carbonyl (C=O) groups excluding carboxylic acids is 4. The van der Waals surface area contributed by atoms with E-state index in [-0.39, 0.29) is 59.9 Å². The fourth-order valence-corrected chi connectivity index (χ4v) is 16.8. The molecule has 4 aliphatic rings. The molecule has 0 unspecified atom stereocenters. The van der Waals surface area contributed by atoms with Gasteiger partial charge in [-0.25, -0.2) is 17.2 Å². The Hall–Kier alpha value is -12.1. The largest absolute Gasteiger partial charge is 0.416 e. The van der Waals surface area contributed by atoms with Crippen LogP contribution < -0.4 is 0 Å². The third-order valence-electron chi connectivity index (χ3n) is 21.7. The van der Waals surface area contributed by atoms with Crippen molar-refractivity contribution in [3.05, 3.63) is 422 Å². The van der Waals surface area contributed by atoms with Crippen LogP contribution in [0.15, 0.2) is 344 Å². The topological polar surface area (TPSA) is 128 Å². The zero-order valence-electron chi connectivity index (χ0n) is 68.4. The second-order valence-corrected chi connectivity index (χ2v) is 32.8. The average molecular weight is 1740 g/mol. The van der Waals surface area contributed by atoms with Crippen LogP contribution in [0.2, 0.25) is 0 Å². The molecular weight excluding hydrogens is 1640 g/mol. The zero-order chi connectivity index (χ0) is 86.2. The number of alkyl halides is 3. The second kappa shape index (κ2) is 45.7. The smallest absolute Gasteiger partial charge is 0.338 e. The monoisotopic (exact) mass is 1740 g/mol. The third kappa shape index (κ3) is 27.5. The lowest BCUT2D eigenvalue weighted by molar-refractivity contribution is -0.137. The lowest BCUT2D eigenvalue weighted by Crippen LogP contribution is -2.49. The van der Waals surface area contributed by atoms with Gasteiger partial charge in [0.15, 0.2) is 0 Å². The Labute approximate surface area is 727 Å². The minimum absolute atomic E-state index is 0.00199. The minimum Gasteiger partial charge on any atom is -0.338 e. The molecule has 0 bridgehead atoms. The van der Waals surface area contributed by atoms with E-state index in [1.54, 1.807) is 70.5 Å². The van der Waals surface area contributed by atoms with Gasteiger partial charge in [-0.05, 0) is 153 Å². The Morgan fingerprint density at radius 2 is 0.577 bits per heavy atom. The molecule has 123 heavy (non-hydrogen) atoms. The van der Waals surface area contributed by atoms with Gasteiger partial charge in [0, 0.05) is 139 Å².